The third-order valence-corrected chi connectivity index (χ3v) is 4.50. The van der Waals surface area contributed by atoms with Gasteiger partial charge >= 0.3 is 0 Å². The van der Waals surface area contributed by atoms with Crippen LogP contribution in [0.5, 0.6) is 0 Å². The Kier molecular flexibility index (Phi) is 4.29. The Morgan fingerprint density at radius 2 is 1.87 bits per heavy atom. The predicted molar refractivity (Wildman–Crippen MR) is 91.7 cm³/mol. The molecule has 0 radical (unpaired) electrons. The zero-order valence-electron chi connectivity index (χ0n) is 14.1. The molecule has 0 spiro atoms. The third kappa shape index (κ3) is 3.05. The number of nitrogens with zero attached hydrogens (tertiary/aromatic N) is 4. The summed E-state index contributed by atoms with van der Waals surface area (Å²) in [7, 11) is 0. The highest BCUT2D eigenvalue weighted by molar-refractivity contribution is 5.88. The number of nitriles is 1. The number of allylic oxidation sites excluding steroid dienone is 1. The molecule has 1 aromatic carbocycles. The summed E-state index contributed by atoms with van der Waals surface area (Å²) in [4.78, 5) is 0. The largest absolute Gasteiger partial charge is 0.310 e. The molecule has 4 nitrogen and oxygen atoms in total. The van der Waals surface area contributed by atoms with E-state index in [1.165, 1.54) is 23.1 Å². The van der Waals surface area contributed by atoms with Crippen LogP contribution >= 0.6 is 0 Å². The van der Waals surface area contributed by atoms with Crippen LogP contribution in [0.1, 0.15) is 53.2 Å². The molecule has 118 valence electrons. The van der Waals surface area contributed by atoms with Crippen LogP contribution in [0, 0.1) is 32.1 Å². The molecule has 4 heteroatoms. The molecule has 0 N–H and O–H groups in total. The lowest BCUT2D eigenvalue weighted by Crippen LogP contribution is -2.05. The highest BCUT2D eigenvalue weighted by Gasteiger charge is 2.18. The van der Waals surface area contributed by atoms with Crippen molar-refractivity contribution in [3.8, 4) is 6.07 Å². The van der Waals surface area contributed by atoms with E-state index < -0.39 is 0 Å². The summed E-state index contributed by atoms with van der Waals surface area (Å²) in [6.45, 7) is 7.18. The van der Waals surface area contributed by atoms with E-state index in [1.54, 1.807) is 0 Å². The molecular formula is C19H22N4. The molecule has 0 unspecified atom stereocenters. The van der Waals surface area contributed by atoms with Crippen LogP contribution in [0.15, 0.2) is 12.1 Å². The van der Waals surface area contributed by atoms with Gasteiger partial charge in [0.25, 0.3) is 0 Å². The van der Waals surface area contributed by atoms with E-state index in [2.05, 4.69) is 53.7 Å². The second-order valence-electron chi connectivity index (χ2n) is 6.38. The molecule has 0 saturated heterocycles. The number of hydrogen-bond acceptors (Lipinski definition) is 3. The maximum Gasteiger partial charge on any atom is 0.174 e. The van der Waals surface area contributed by atoms with Crippen molar-refractivity contribution in [2.24, 2.45) is 0 Å². The van der Waals surface area contributed by atoms with Crippen LogP contribution in [0.2, 0.25) is 0 Å². The van der Waals surface area contributed by atoms with Gasteiger partial charge in [-0.05, 0) is 56.4 Å². The molecule has 1 aliphatic heterocycles. The van der Waals surface area contributed by atoms with Crippen LogP contribution in [-0.4, -0.2) is 14.8 Å². The van der Waals surface area contributed by atoms with E-state index in [0.29, 0.717) is 11.4 Å². The summed E-state index contributed by atoms with van der Waals surface area (Å²) in [5.74, 6) is 1.72. The normalized spacial score (nSPS) is 15.0. The Labute approximate surface area is 137 Å². The first-order valence-corrected chi connectivity index (χ1v) is 8.22. The van der Waals surface area contributed by atoms with Crippen molar-refractivity contribution in [2.75, 3.05) is 0 Å². The minimum Gasteiger partial charge on any atom is -0.310 e. The number of hydrogen-bond donors (Lipinski definition) is 0. The van der Waals surface area contributed by atoms with Crippen LogP contribution in [0.3, 0.4) is 0 Å². The highest BCUT2D eigenvalue weighted by atomic mass is 15.3. The van der Waals surface area contributed by atoms with Gasteiger partial charge in [-0.3, -0.25) is 0 Å². The summed E-state index contributed by atoms with van der Waals surface area (Å²) in [5.41, 5.74) is 5.32. The summed E-state index contributed by atoms with van der Waals surface area (Å²) in [5, 5.41) is 18.3. The van der Waals surface area contributed by atoms with E-state index in [9.17, 15) is 5.26 Å². The smallest absolute Gasteiger partial charge is 0.174 e. The summed E-state index contributed by atoms with van der Waals surface area (Å²) < 4.78 is 2.13. The van der Waals surface area contributed by atoms with E-state index in [-0.39, 0.29) is 0 Å². The van der Waals surface area contributed by atoms with Crippen molar-refractivity contribution in [3.05, 3.63) is 46.0 Å². The average Bonchev–Trinajstić information content (AvgIpc) is 2.76. The van der Waals surface area contributed by atoms with Crippen molar-refractivity contribution >= 4 is 11.6 Å². The number of benzene rings is 1. The second-order valence-corrected chi connectivity index (χ2v) is 6.38. The first kappa shape index (κ1) is 15.5. The lowest BCUT2D eigenvalue weighted by molar-refractivity contribution is 0.627. The quantitative estimate of drug-likeness (QED) is 0.788. The van der Waals surface area contributed by atoms with Crippen LogP contribution in [0.4, 0.5) is 0 Å². The fourth-order valence-corrected chi connectivity index (χ4v) is 3.39. The van der Waals surface area contributed by atoms with E-state index in [1.807, 2.05) is 6.08 Å². The highest BCUT2D eigenvalue weighted by Crippen LogP contribution is 2.24. The van der Waals surface area contributed by atoms with Gasteiger partial charge in [-0.15, -0.1) is 10.2 Å². The number of fused-ring (bicyclic) bond motifs is 1. The standard InChI is InChI=1S/C19H22N4/c1-13-9-14(2)17(15(3)10-13)11-16(12-20)19-22-21-18-7-5-4-6-8-23(18)19/h9-11H,4-8H2,1-3H3/b16-11+. The Hall–Kier alpha value is -2.41. The van der Waals surface area contributed by atoms with Crippen molar-refractivity contribution in [1.82, 2.24) is 14.8 Å². The van der Waals surface area contributed by atoms with Gasteiger partial charge in [-0.1, -0.05) is 24.1 Å². The molecule has 23 heavy (non-hydrogen) atoms. The Balaban J connectivity index is 2.08. The second kappa shape index (κ2) is 6.37. The van der Waals surface area contributed by atoms with Gasteiger partial charge in [0.2, 0.25) is 0 Å². The zero-order chi connectivity index (χ0) is 16.4. The van der Waals surface area contributed by atoms with Crippen LogP contribution in [-0.2, 0) is 13.0 Å². The molecule has 0 amide bonds. The monoisotopic (exact) mass is 306 g/mol. The molecule has 0 bridgehead atoms. The van der Waals surface area contributed by atoms with Crippen molar-refractivity contribution in [1.29, 1.82) is 5.26 Å². The fourth-order valence-electron chi connectivity index (χ4n) is 3.39. The van der Waals surface area contributed by atoms with Gasteiger partial charge in [0.15, 0.2) is 5.82 Å². The predicted octanol–water partition coefficient (Wildman–Crippen LogP) is 3.99. The molecule has 0 saturated carbocycles. The molecule has 0 fully saturated rings. The SMILES string of the molecule is Cc1cc(C)c(/C=C(\C#N)c2nnc3n2CCCCC3)c(C)c1. The average molecular weight is 306 g/mol. The summed E-state index contributed by atoms with van der Waals surface area (Å²) in [6, 6.07) is 6.63. The van der Waals surface area contributed by atoms with Gasteiger partial charge in [-0.25, -0.2) is 0 Å². The van der Waals surface area contributed by atoms with Gasteiger partial charge < -0.3 is 4.57 Å². The molecule has 3 rings (SSSR count). The maximum atomic E-state index is 9.67. The lowest BCUT2D eigenvalue weighted by Gasteiger charge is -2.09. The minimum atomic E-state index is 0.598. The fraction of sp³-hybridized carbons (Fsp3) is 0.421. The van der Waals surface area contributed by atoms with Crippen molar-refractivity contribution in [3.63, 3.8) is 0 Å². The molecule has 0 atom stereocenters. The maximum absolute atomic E-state index is 9.67. The number of aromatic nitrogens is 3. The van der Waals surface area contributed by atoms with Gasteiger partial charge in [-0.2, -0.15) is 5.26 Å². The molecule has 1 aromatic heterocycles. The summed E-state index contributed by atoms with van der Waals surface area (Å²) in [6.07, 6.45) is 6.41. The molecule has 1 aliphatic rings. The molecule has 2 heterocycles. The Morgan fingerprint density at radius 3 is 2.57 bits per heavy atom. The van der Waals surface area contributed by atoms with Crippen molar-refractivity contribution < 1.29 is 0 Å². The van der Waals surface area contributed by atoms with E-state index in [4.69, 9.17) is 0 Å². The number of rotatable bonds is 2. The van der Waals surface area contributed by atoms with E-state index in [0.717, 1.165) is 37.2 Å². The van der Waals surface area contributed by atoms with Crippen molar-refractivity contribution in [2.45, 2.75) is 53.0 Å². The van der Waals surface area contributed by atoms with Crippen LogP contribution < -0.4 is 0 Å². The first-order valence-electron chi connectivity index (χ1n) is 8.22. The van der Waals surface area contributed by atoms with E-state index >= 15 is 0 Å². The minimum absolute atomic E-state index is 0.598. The van der Waals surface area contributed by atoms with Gasteiger partial charge in [0.05, 0.1) is 5.57 Å². The number of aryl methyl sites for hydroxylation is 4. The Bertz CT molecular complexity index is 782. The topological polar surface area (TPSA) is 54.5 Å². The zero-order valence-corrected chi connectivity index (χ0v) is 14.1. The Morgan fingerprint density at radius 1 is 1.13 bits per heavy atom. The molecular weight excluding hydrogens is 284 g/mol. The lowest BCUT2D eigenvalue weighted by atomic mass is 9.98. The third-order valence-electron chi connectivity index (χ3n) is 4.50. The molecule has 2 aromatic rings. The summed E-state index contributed by atoms with van der Waals surface area (Å²) >= 11 is 0. The van der Waals surface area contributed by atoms with Gasteiger partial charge in [0, 0.05) is 13.0 Å². The van der Waals surface area contributed by atoms with Gasteiger partial charge in [0.1, 0.15) is 11.9 Å². The molecule has 0 aliphatic carbocycles. The first-order chi connectivity index (χ1) is 11.1. The van der Waals surface area contributed by atoms with Crippen LogP contribution in [0.25, 0.3) is 11.6 Å².